The summed E-state index contributed by atoms with van der Waals surface area (Å²) in [5.74, 6) is 0. The zero-order valence-corrected chi connectivity index (χ0v) is 32.5. The molecular weight excluding hydrogens is 616 g/mol. The SMILES string of the molecule is CC(C)(C)c1ccc(N(c2ccc(C(C)(C)C)cc2)c2cccc(N(c3cccc(C(C)(C)C)c3)c3cccc(C(C)(C)C)c3)c2Cl)cc1. The summed E-state index contributed by atoms with van der Waals surface area (Å²) in [6.07, 6.45) is 0. The summed E-state index contributed by atoms with van der Waals surface area (Å²) in [7, 11) is 0. The Morgan fingerprint density at radius 3 is 0.980 bits per heavy atom. The molecule has 0 radical (unpaired) electrons. The second kappa shape index (κ2) is 13.4. The molecule has 0 bridgehead atoms. The minimum absolute atomic E-state index is 0.00415. The van der Waals surface area contributed by atoms with Crippen molar-refractivity contribution in [1.82, 2.24) is 0 Å². The number of halogens is 1. The average molecular weight is 671 g/mol. The van der Waals surface area contributed by atoms with E-state index in [0.29, 0.717) is 5.02 Å². The Labute approximate surface area is 301 Å². The van der Waals surface area contributed by atoms with Gasteiger partial charge in [0.15, 0.2) is 0 Å². The third kappa shape index (κ3) is 8.08. The van der Waals surface area contributed by atoms with Crippen LogP contribution in [-0.2, 0) is 21.7 Å². The van der Waals surface area contributed by atoms with Gasteiger partial charge in [0.25, 0.3) is 0 Å². The summed E-state index contributed by atoms with van der Waals surface area (Å²) in [6.45, 7) is 27.1. The van der Waals surface area contributed by atoms with E-state index in [4.69, 9.17) is 11.6 Å². The van der Waals surface area contributed by atoms with Crippen LogP contribution in [0.15, 0.2) is 115 Å². The van der Waals surface area contributed by atoms with E-state index in [-0.39, 0.29) is 21.7 Å². The van der Waals surface area contributed by atoms with Gasteiger partial charge < -0.3 is 9.80 Å². The Balaban J connectivity index is 1.75. The summed E-state index contributed by atoms with van der Waals surface area (Å²) in [5.41, 5.74) is 11.4. The molecule has 0 unspecified atom stereocenters. The van der Waals surface area contributed by atoms with Gasteiger partial charge in [0.1, 0.15) is 0 Å². The van der Waals surface area contributed by atoms with Gasteiger partial charge in [-0.15, -0.1) is 0 Å². The lowest BCUT2D eigenvalue weighted by molar-refractivity contribution is 0.589. The molecule has 3 heteroatoms. The largest absolute Gasteiger partial charge is 0.309 e. The Kier molecular flexibility index (Phi) is 9.90. The normalized spacial score (nSPS) is 12.6. The molecule has 256 valence electrons. The lowest BCUT2D eigenvalue weighted by Gasteiger charge is -2.33. The van der Waals surface area contributed by atoms with Crippen molar-refractivity contribution in [2.75, 3.05) is 9.80 Å². The van der Waals surface area contributed by atoms with Gasteiger partial charge in [0.2, 0.25) is 0 Å². The maximum Gasteiger partial charge on any atom is 0.0887 e. The van der Waals surface area contributed by atoms with E-state index in [0.717, 1.165) is 34.1 Å². The lowest BCUT2D eigenvalue weighted by atomic mass is 9.86. The van der Waals surface area contributed by atoms with Gasteiger partial charge in [-0.3, -0.25) is 0 Å². The molecule has 0 saturated carbocycles. The fourth-order valence-corrected chi connectivity index (χ4v) is 6.45. The highest BCUT2D eigenvalue weighted by Crippen LogP contribution is 2.48. The van der Waals surface area contributed by atoms with Gasteiger partial charge in [-0.1, -0.05) is 149 Å². The third-order valence-corrected chi connectivity index (χ3v) is 9.75. The van der Waals surface area contributed by atoms with Crippen molar-refractivity contribution >= 4 is 45.7 Å². The van der Waals surface area contributed by atoms with Crippen molar-refractivity contribution in [3.05, 3.63) is 143 Å². The van der Waals surface area contributed by atoms with E-state index >= 15 is 0 Å². The maximum absolute atomic E-state index is 7.68. The first-order chi connectivity index (χ1) is 22.7. The molecule has 2 nitrogen and oxygen atoms in total. The molecule has 5 aromatic carbocycles. The molecular formula is C46H55ClN2. The second-order valence-electron chi connectivity index (χ2n) is 17.5. The summed E-state index contributed by atoms with van der Waals surface area (Å²) in [4.78, 5) is 4.61. The number of rotatable bonds is 6. The van der Waals surface area contributed by atoms with Gasteiger partial charge in [0, 0.05) is 22.7 Å². The minimum Gasteiger partial charge on any atom is -0.309 e. The Morgan fingerprint density at radius 1 is 0.347 bits per heavy atom. The van der Waals surface area contributed by atoms with E-state index in [9.17, 15) is 0 Å². The second-order valence-corrected chi connectivity index (χ2v) is 17.9. The highest BCUT2D eigenvalue weighted by molar-refractivity contribution is 6.36. The van der Waals surface area contributed by atoms with Crippen LogP contribution in [0, 0.1) is 0 Å². The van der Waals surface area contributed by atoms with Crippen LogP contribution in [-0.4, -0.2) is 0 Å². The van der Waals surface area contributed by atoms with Crippen molar-refractivity contribution in [1.29, 1.82) is 0 Å². The number of hydrogen-bond donors (Lipinski definition) is 0. The maximum atomic E-state index is 7.68. The number of nitrogens with zero attached hydrogens (tertiary/aromatic N) is 2. The quantitative estimate of drug-likeness (QED) is 0.177. The van der Waals surface area contributed by atoms with Gasteiger partial charge >= 0.3 is 0 Å². The van der Waals surface area contributed by atoms with E-state index in [1.165, 1.54) is 22.3 Å². The first kappa shape index (κ1) is 36.3. The number of benzene rings is 5. The molecule has 5 aromatic rings. The summed E-state index contributed by atoms with van der Waals surface area (Å²) in [6, 6.07) is 42.0. The van der Waals surface area contributed by atoms with E-state index in [1.54, 1.807) is 0 Å². The van der Waals surface area contributed by atoms with Crippen molar-refractivity contribution in [2.45, 2.75) is 105 Å². The zero-order valence-electron chi connectivity index (χ0n) is 31.7. The van der Waals surface area contributed by atoms with Crippen LogP contribution in [0.4, 0.5) is 34.1 Å². The van der Waals surface area contributed by atoms with Crippen molar-refractivity contribution in [2.24, 2.45) is 0 Å². The highest BCUT2D eigenvalue weighted by Gasteiger charge is 2.25. The smallest absolute Gasteiger partial charge is 0.0887 e. The molecule has 0 aliphatic carbocycles. The minimum atomic E-state index is -0.00415. The first-order valence-electron chi connectivity index (χ1n) is 17.6. The molecule has 0 aliphatic rings. The molecule has 0 spiro atoms. The number of hydrogen-bond acceptors (Lipinski definition) is 2. The Morgan fingerprint density at radius 2 is 0.653 bits per heavy atom. The monoisotopic (exact) mass is 670 g/mol. The van der Waals surface area contributed by atoms with Crippen LogP contribution >= 0.6 is 11.6 Å². The summed E-state index contributed by atoms with van der Waals surface area (Å²) in [5, 5.41) is 0.685. The van der Waals surface area contributed by atoms with Crippen LogP contribution in [0.2, 0.25) is 5.02 Å². The van der Waals surface area contributed by atoms with Gasteiger partial charge in [0.05, 0.1) is 16.4 Å². The zero-order chi connectivity index (χ0) is 35.9. The summed E-state index contributed by atoms with van der Waals surface area (Å²) >= 11 is 7.68. The van der Waals surface area contributed by atoms with Gasteiger partial charge in [-0.25, -0.2) is 0 Å². The molecule has 0 saturated heterocycles. The van der Waals surface area contributed by atoms with Crippen LogP contribution in [0.5, 0.6) is 0 Å². The predicted octanol–water partition coefficient (Wildman–Crippen LogP) is 14.5. The lowest BCUT2D eigenvalue weighted by Crippen LogP contribution is -2.17. The van der Waals surface area contributed by atoms with Crippen molar-refractivity contribution in [3.8, 4) is 0 Å². The Bertz CT molecular complexity index is 1780. The molecule has 0 amide bonds. The van der Waals surface area contributed by atoms with Gasteiger partial charge in [-0.05, 0) is 105 Å². The van der Waals surface area contributed by atoms with E-state index < -0.39 is 0 Å². The molecule has 0 atom stereocenters. The van der Waals surface area contributed by atoms with Gasteiger partial charge in [-0.2, -0.15) is 0 Å². The van der Waals surface area contributed by atoms with Crippen LogP contribution in [0.1, 0.15) is 105 Å². The standard InChI is InChI=1S/C46H55ClN2/c1-43(2,3)32-22-26-36(27-23-32)48(37-28-24-33(25-29-37)44(4,5)6)40-20-15-21-41(42(40)47)49(38-18-13-16-34(30-38)45(7,8)9)39-19-14-17-35(31-39)46(10,11)12/h13-31H,1-12H3. The summed E-state index contributed by atoms with van der Waals surface area (Å²) < 4.78 is 0. The molecule has 0 fully saturated rings. The molecule has 0 heterocycles. The predicted molar refractivity (Wildman–Crippen MR) is 216 cm³/mol. The molecule has 5 rings (SSSR count). The third-order valence-electron chi connectivity index (χ3n) is 9.36. The molecule has 0 aromatic heterocycles. The van der Waals surface area contributed by atoms with Crippen LogP contribution in [0.3, 0.4) is 0 Å². The number of anilines is 6. The van der Waals surface area contributed by atoms with E-state index in [1.807, 2.05) is 0 Å². The topological polar surface area (TPSA) is 6.48 Å². The molecule has 0 aliphatic heterocycles. The van der Waals surface area contributed by atoms with Crippen molar-refractivity contribution < 1.29 is 0 Å². The fraction of sp³-hybridized carbons (Fsp3) is 0.348. The Hall–Kier alpha value is -4.01. The first-order valence-corrected chi connectivity index (χ1v) is 17.9. The molecule has 49 heavy (non-hydrogen) atoms. The van der Waals surface area contributed by atoms with E-state index in [2.05, 4.69) is 208 Å². The van der Waals surface area contributed by atoms with Crippen LogP contribution in [0.25, 0.3) is 0 Å². The highest BCUT2D eigenvalue weighted by atomic mass is 35.5. The average Bonchev–Trinajstić information content (AvgIpc) is 3.02. The van der Waals surface area contributed by atoms with Crippen molar-refractivity contribution in [3.63, 3.8) is 0 Å². The van der Waals surface area contributed by atoms with Crippen LogP contribution < -0.4 is 9.80 Å². The fourth-order valence-electron chi connectivity index (χ4n) is 6.15. The molecule has 0 N–H and O–H groups in total.